The van der Waals surface area contributed by atoms with E-state index < -0.39 is 107 Å². The molecule has 1 aromatic carbocycles. The summed E-state index contributed by atoms with van der Waals surface area (Å²) in [5.74, 6) is -6.68. The zero-order chi connectivity index (χ0) is 55.2. The first kappa shape index (κ1) is 62.4. The van der Waals surface area contributed by atoms with Gasteiger partial charge in [-0.3, -0.25) is 52.9 Å². The van der Waals surface area contributed by atoms with Gasteiger partial charge in [0, 0.05) is 43.5 Å². The number of nitrogens with two attached hydrogens (primary N) is 2. The second kappa shape index (κ2) is 31.1. The quantitative estimate of drug-likeness (QED) is 0.132. The molecule has 22 heteroatoms. The van der Waals surface area contributed by atoms with E-state index in [4.69, 9.17) is 11.5 Å². The highest BCUT2D eigenvalue weighted by molar-refractivity contribution is 8.14. The van der Waals surface area contributed by atoms with Crippen molar-refractivity contribution in [3.05, 3.63) is 35.4 Å². The highest BCUT2D eigenvalue weighted by Gasteiger charge is 2.35. The molecule has 4 bridgehead atoms. The lowest BCUT2D eigenvalue weighted by Crippen LogP contribution is -2.59. The van der Waals surface area contributed by atoms with E-state index >= 15 is 0 Å². The van der Waals surface area contributed by atoms with Gasteiger partial charge in [-0.1, -0.05) is 66.7 Å². The van der Waals surface area contributed by atoms with E-state index in [-0.39, 0.29) is 75.2 Å². The first-order valence-electron chi connectivity index (χ1n) is 26.1. The molecule has 2 heterocycles. The Bertz CT molecular complexity index is 2170. The first-order chi connectivity index (χ1) is 34.9. The van der Waals surface area contributed by atoms with Crippen LogP contribution in [0.2, 0.25) is 0 Å². The minimum Gasteiger partial charge on any atom is -0.368 e. The lowest BCUT2D eigenvalue weighted by atomic mass is 9.93. The summed E-state index contributed by atoms with van der Waals surface area (Å²) in [4.78, 5) is 140. The van der Waals surface area contributed by atoms with Crippen molar-refractivity contribution in [2.45, 2.75) is 181 Å². The van der Waals surface area contributed by atoms with Crippen LogP contribution in [0.15, 0.2) is 29.3 Å². The van der Waals surface area contributed by atoms with E-state index in [1.165, 1.54) is 25.6 Å². The third-order valence-corrected chi connectivity index (χ3v) is 13.6. The van der Waals surface area contributed by atoms with Crippen molar-refractivity contribution in [2.75, 3.05) is 18.8 Å². The maximum atomic E-state index is 14.1. The van der Waals surface area contributed by atoms with Crippen LogP contribution in [0.25, 0.3) is 0 Å². The highest BCUT2D eigenvalue weighted by Crippen LogP contribution is 2.25. The SMILES string of the molecule is CC(=O)N[C@H]1CCCCNC(=O)[C@@H]2CSC(=N2)c2cccc(c2)C[C@@H](C(N)=O)NC(=O)[C@H](C)NC(=O)C(CC(C)C)NC(=O)[C@H](CCCCN)NC(=O)[C@H](CC(C)C)NC(=O)[C@H](C)CC(=O)[C@H](CC(C)C)NC1=O. The Hall–Kier alpha value is -5.90. The molecule has 1 unspecified atom stereocenters. The Morgan fingerprint density at radius 2 is 1.28 bits per heavy atom. The van der Waals surface area contributed by atoms with Crippen LogP contribution in [-0.2, 0) is 54.4 Å². The number of hydrogen-bond donors (Lipinski definition) is 10. The van der Waals surface area contributed by atoms with Gasteiger partial charge in [0.05, 0.1) is 11.1 Å². The van der Waals surface area contributed by atoms with Crippen molar-refractivity contribution >= 4 is 75.8 Å². The number of aliphatic imine (C=N–C) groups is 1. The van der Waals surface area contributed by atoms with E-state index in [0.717, 1.165) is 0 Å². The average Bonchev–Trinajstić information content (AvgIpc) is 3.82. The number of amides is 9. The fourth-order valence-electron chi connectivity index (χ4n) is 8.53. The molecule has 9 atom stereocenters. The lowest BCUT2D eigenvalue weighted by Gasteiger charge is -2.28. The molecule has 1 aromatic rings. The van der Waals surface area contributed by atoms with Gasteiger partial charge in [0.15, 0.2) is 5.78 Å². The van der Waals surface area contributed by atoms with Crippen LogP contribution in [0.4, 0.5) is 0 Å². The molecule has 21 nitrogen and oxygen atoms in total. The zero-order valence-corrected chi connectivity index (χ0v) is 45.5. The van der Waals surface area contributed by atoms with Crippen LogP contribution in [0, 0.1) is 23.7 Å². The normalized spacial score (nSPS) is 26.3. The summed E-state index contributed by atoms with van der Waals surface area (Å²) < 4.78 is 0. The topological polar surface area (TPSA) is 331 Å². The number of rotatable bonds is 12. The van der Waals surface area contributed by atoms with E-state index in [0.29, 0.717) is 54.2 Å². The molecule has 2 aliphatic heterocycles. The van der Waals surface area contributed by atoms with Crippen LogP contribution in [0.3, 0.4) is 0 Å². The van der Waals surface area contributed by atoms with Crippen molar-refractivity contribution in [1.82, 2.24) is 42.5 Å². The number of nitrogens with zero attached hydrogens (tertiary/aromatic N) is 1. The Labute approximate surface area is 440 Å². The fraction of sp³-hybridized carbons (Fsp3) is 0.673. The van der Waals surface area contributed by atoms with Crippen molar-refractivity contribution in [1.29, 1.82) is 0 Å². The van der Waals surface area contributed by atoms with Gasteiger partial charge >= 0.3 is 0 Å². The van der Waals surface area contributed by atoms with Crippen molar-refractivity contribution in [3.8, 4) is 0 Å². The number of Topliss-reactive ketones (excluding diaryl/α,β-unsaturated/α-hetero) is 1. The molecule has 0 spiro atoms. The van der Waals surface area contributed by atoms with Crippen LogP contribution in [0.5, 0.6) is 0 Å². The second-order valence-corrected chi connectivity index (χ2v) is 21.9. The summed E-state index contributed by atoms with van der Waals surface area (Å²) >= 11 is 1.39. The maximum absolute atomic E-state index is 14.1. The van der Waals surface area contributed by atoms with E-state index in [1.807, 2.05) is 47.6 Å². The van der Waals surface area contributed by atoms with Crippen molar-refractivity contribution < 1.29 is 47.9 Å². The predicted molar refractivity (Wildman–Crippen MR) is 284 cm³/mol. The van der Waals surface area contributed by atoms with Crippen LogP contribution in [0.1, 0.15) is 138 Å². The number of benzene rings is 1. The van der Waals surface area contributed by atoms with Gasteiger partial charge in [-0.2, -0.15) is 0 Å². The van der Waals surface area contributed by atoms with Gasteiger partial charge in [-0.25, -0.2) is 0 Å². The molecule has 9 amide bonds. The number of fused-ring (bicyclic) bond motifs is 4. The van der Waals surface area contributed by atoms with Crippen LogP contribution >= 0.6 is 11.8 Å². The fourth-order valence-corrected chi connectivity index (χ4v) is 9.56. The average molecular weight is 1050 g/mol. The number of carbonyl (C=O) groups is 10. The predicted octanol–water partition coefficient (Wildman–Crippen LogP) is 1.17. The molecule has 0 saturated carbocycles. The summed E-state index contributed by atoms with van der Waals surface area (Å²) in [6.45, 7) is 16.0. The van der Waals surface area contributed by atoms with E-state index in [1.54, 1.807) is 25.1 Å². The van der Waals surface area contributed by atoms with Gasteiger partial charge in [-0.05, 0) is 101 Å². The number of primary amides is 1. The minimum absolute atomic E-state index is 0.00255. The maximum Gasteiger partial charge on any atom is 0.245 e. The van der Waals surface area contributed by atoms with Gasteiger partial charge in [0.1, 0.15) is 42.3 Å². The number of carbonyl (C=O) groups excluding carboxylic acids is 10. The molecule has 2 aliphatic rings. The Kier molecular flexibility index (Phi) is 26.2. The smallest absolute Gasteiger partial charge is 0.245 e. The van der Waals surface area contributed by atoms with Crippen LogP contribution < -0.4 is 54.0 Å². The molecule has 412 valence electrons. The van der Waals surface area contributed by atoms with Crippen molar-refractivity contribution in [3.63, 3.8) is 0 Å². The summed E-state index contributed by atoms with van der Waals surface area (Å²) in [5, 5.41) is 22.6. The summed E-state index contributed by atoms with van der Waals surface area (Å²) in [7, 11) is 0. The monoisotopic (exact) mass is 1050 g/mol. The largest absolute Gasteiger partial charge is 0.368 e. The van der Waals surface area contributed by atoms with Gasteiger partial charge in [0.2, 0.25) is 53.2 Å². The highest BCUT2D eigenvalue weighted by atomic mass is 32.2. The molecular formula is C52H83N11O10S. The number of ketones is 1. The number of hydrogen-bond acceptors (Lipinski definition) is 13. The lowest BCUT2D eigenvalue weighted by molar-refractivity contribution is -0.136. The van der Waals surface area contributed by atoms with E-state index in [2.05, 4.69) is 47.5 Å². The first-order valence-corrected chi connectivity index (χ1v) is 27.1. The third kappa shape index (κ3) is 21.5. The van der Waals surface area contributed by atoms with Crippen molar-refractivity contribution in [2.24, 2.45) is 40.1 Å². The minimum atomic E-state index is -1.18. The molecular weight excluding hydrogens is 971 g/mol. The van der Waals surface area contributed by atoms with Gasteiger partial charge in [-0.15, -0.1) is 11.8 Å². The standard InChI is InChI=1S/C52H83N11O10S/c1-28(2)21-38-43(65)24-31(7)45(67)61-41(23-30(5)6)51(73)58-37(17-10-12-19-53)49(71)62-40(22-29(3)4)50(72)56-32(8)46(68)60-39(44(54)66)26-34-15-14-16-35(25-34)52-63-42(27-74-52)47(69)55-20-13-11-18-36(48(70)59-38)57-33(9)64/h14-16,25,28-32,36-42H,10-13,17-24,26-27,53H2,1-9H3,(H2,54,66)(H,55,69)(H,56,72)(H,57,64)(H,58,73)(H,59,70)(H,60,68)(H,61,67)(H,62,71)/t31-,32+,36+,37+,38+,39+,40?,41+,42+/m1/s1. The second-order valence-electron chi connectivity index (χ2n) is 20.9. The molecule has 74 heavy (non-hydrogen) atoms. The molecule has 0 fully saturated rings. The Morgan fingerprint density at radius 3 is 1.89 bits per heavy atom. The number of nitrogens with one attached hydrogen (secondary N) is 8. The number of thioether (sulfide) groups is 1. The van der Waals surface area contributed by atoms with E-state index in [9.17, 15) is 47.9 Å². The molecule has 0 radical (unpaired) electrons. The summed E-state index contributed by atoms with van der Waals surface area (Å²) in [6.07, 6.45) is 2.52. The molecule has 0 saturated heterocycles. The summed E-state index contributed by atoms with van der Waals surface area (Å²) in [5.41, 5.74) is 12.9. The van der Waals surface area contributed by atoms with Gasteiger partial charge in [0.25, 0.3) is 0 Å². The third-order valence-electron chi connectivity index (χ3n) is 12.5. The zero-order valence-electron chi connectivity index (χ0n) is 44.7. The molecule has 3 rings (SSSR count). The van der Waals surface area contributed by atoms with Crippen LogP contribution in [-0.4, -0.2) is 131 Å². The summed E-state index contributed by atoms with van der Waals surface area (Å²) in [6, 6.07) is -1.33. The number of unbranched alkanes of at least 4 members (excludes halogenated alkanes) is 1. The molecule has 0 aromatic heterocycles. The molecule has 12 N–H and O–H groups in total. The molecule has 0 aliphatic carbocycles. The van der Waals surface area contributed by atoms with Gasteiger partial charge < -0.3 is 54.0 Å². The Morgan fingerprint density at radius 1 is 0.703 bits per heavy atom. The Balaban J connectivity index is 2.00.